The SMILES string of the molecule is CCC(C[N+]1(NC(=O)c2ccccc2OC)CCCCC1)OC(=O)C(C)(C)C. The normalized spacial score (nSPS) is 17.5. The van der Waals surface area contributed by atoms with Gasteiger partial charge in [-0.15, -0.1) is 0 Å². The van der Waals surface area contributed by atoms with Crippen molar-refractivity contribution in [2.45, 2.75) is 59.5 Å². The van der Waals surface area contributed by atoms with E-state index in [2.05, 4.69) is 5.43 Å². The van der Waals surface area contributed by atoms with Crippen LogP contribution in [0.25, 0.3) is 0 Å². The number of hydrogen-bond acceptors (Lipinski definition) is 4. The van der Waals surface area contributed by atoms with Crippen LogP contribution in [0.1, 0.15) is 63.7 Å². The molecule has 1 heterocycles. The largest absolute Gasteiger partial charge is 0.496 e. The Morgan fingerprint density at radius 3 is 2.36 bits per heavy atom. The van der Waals surface area contributed by atoms with Crippen molar-refractivity contribution in [3.05, 3.63) is 29.8 Å². The monoisotopic (exact) mass is 391 g/mol. The van der Waals surface area contributed by atoms with Gasteiger partial charge in [-0.2, -0.15) is 5.43 Å². The van der Waals surface area contributed by atoms with E-state index in [4.69, 9.17) is 9.47 Å². The molecule has 0 aliphatic carbocycles. The quantitative estimate of drug-likeness (QED) is 0.568. The van der Waals surface area contributed by atoms with E-state index in [-0.39, 0.29) is 18.0 Å². The molecule has 0 saturated carbocycles. The van der Waals surface area contributed by atoms with E-state index >= 15 is 0 Å². The van der Waals surface area contributed by atoms with Crippen LogP contribution in [0.15, 0.2) is 24.3 Å². The molecule has 6 nitrogen and oxygen atoms in total. The molecule has 156 valence electrons. The Balaban J connectivity index is 2.18. The van der Waals surface area contributed by atoms with Gasteiger partial charge in [0.05, 0.1) is 18.1 Å². The van der Waals surface area contributed by atoms with Gasteiger partial charge in [-0.3, -0.25) is 9.59 Å². The minimum absolute atomic E-state index is 0.156. The minimum Gasteiger partial charge on any atom is -0.496 e. The number of piperidine rings is 1. The lowest BCUT2D eigenvalue weighted by Gasteiger charge is -2.42. The number of hydrogen-bond donors (Lipinski definition) is 1. The molecule has 1 unspecified atom stereocenters. The molecule has 1 fully saturated rings. The van der Waals surface area contributed by atoms with Crippen LogP contribution in [0.3, 0.4) is 0 Å². The molecule has 0 bridgehead atoms. The second kappa shape index (κ2) is 9.41. The number of amides is 1. The summed E-state index contributed by atoms with van der Waals surface area (Å²) < 4.78 is 11.6. The maximum atomic E-state index is 13.0. The molecule has 0 radical (unpaired) electrons. The van der Waals surface area contributed by atoms with Gasteiger partial charge in [-0.25, -0.2) is 4.59 Å². The van der Waals surface area contributed by atoms with Crippen LogP contribution in [-0.2, 0) is 9.53 Å². The predicted molar refractivity (Wildman–Crippen MR) is 109 cm³/mol. The van der Waals surface area contributed by atoms with Gasteiger partial charge in [-0.1, -0.05) is 19.1 Å². The molecular weight excluding hydrogens is 356 g/mol. The lowest BCUT2D eigenvalue weighted by atomic mass is 9.97. The number of carbonyl (C=O) groups excluding carboxylic acids is 2. The summed E-state index contributed by atoms with van der Waals surface area (Å²) in [6.45, 7) is 9.85. The van der Waals surface area contributed by atoms with Gasteiger partial charge in [0.15, 0.2) is 6.10 Å². The van der Waals surface area contributed by atoms with Crippen LogP contribution in [0, 0.1) is 5.41 Å². The number of quaternary nitrogens is 1. The first kappa shape index (κ1) is 22.2. The Bertz CT molecular complexity index is 675. The number of carbonyl (C=O) groups is 2. The number of rotatable bonds is 7. The Kier molecular flexibility index (Phi) is 7.47. The second-order valence-corrected chi connectivity index (χ2v) is 8.66. The van der Waals surface area contributed by atoms with Gasteiger partial charge < -0.3 is 9.47 Å². The van der Waals surface area contributed by atoms with Gasteiger partial charge >= 0.3 is 5.97 Å². The van der Waals surface area contributed by atoms with Crippen LogP contribution < -0.4 is 10.2 Å². The van der Waals surface area contributed by atoms with Crippen molar-refractivity contribution in [3.63, 3.8) is 0 Å². The van der Waals surface area contributed by atoms with E-state index in [9.17, 15) is 9.59 Å². The van der Waals surface area contributed by atoms with Crippen LogP contribution in [0.5, 0.6) is 5.75 Å². The van der Waals surface area contributed by atoms with E-state index < -0.39 is 5.41 Å². The second-order valence-electron chi connectivity index (χ2n) is 8.66. The van der Waals surface area contributed by atoms with E-state index in [0.29, 0.717) is 28.9 Å². The van der Waals surface area contributed by atoms with Gasteiger partial charge in [-0.05, 0) is 58.6 Å². The molecule has 1 amide bonds. The lowest BCUT2D eigenvalue weighted by Crippen LogP contribution is -2.65. The fourth-order valence-corrected chi connectivity index (χ4v) is 3.53. The molecule has 1 aromatic rings. The third kappa shape index (κ3) is 5.71. The van der Waals surface area contributed by atoms with Crippen LogP contribution >= 0.6 is 0 Å². The van der Waals surface area contributed by atoms with Gasteiger partial charge in [0.2, 0.25) is 0 Å². The number of likely N-dealkylation sites (tertiary alicyclic amines) is 1. The molecule has 1 aliphatic heterocycles. The van der Waals surface area contributed by atoms with Crippen LogP contribution in [0.4, 0.5) is 0 Å². The highest BCUT2D eigenvalue weighted by Crippen LogP contribution is 2.23. The van der Waals surface area contributed by atoms with E-state index in [0.717, 1.165) is 32.4 Å². The zero-order chi connectivity index (χ0) is 20.8. The molecule has 0 spiro atoms. The lowest BCUT2D eigenvalue weighted by molar-refractivity contribution is -0.967. The predicted octanol–water partition coefficient (Wildman–Crippen LogP) is 3.71. The third-order valence-corrected chi connectivity index (χ3v) is 5.26. The molecule has 1 aliphatic rings. The average molecular weight is 392 g/mol. The molecule has 1 saturated heterocycles. The summed E-state index contributed by atoms with van der Waals surface area (Å²) in [6.07, 6.45) is 3.71. The van der Waals surface area contributed by atoms with Crippen molar-refractivity contribution in [2.75, 3.05) is 26.7 Å². The van der Waals surface area contributed by atoms with E-state index in [1.807, 2.05) is 39.8 Å². The fraction of sp³-hybridized carbons (Fsp3) is 0.636. The highest BCUT2D eigenvalue weighted by atomic mass is 16.5. The van der Waals surface area contributed by atoms with Crippen molar-refractivity contribution in [3.8, 4) is 5.75 Å². The Morgan fingerprint density at radius 1 is 1.14 bits per heavy atom. The number of ether oxygens (including phenoxy) is 2. The maximum absolute atomic E-state index is 13.0. The van der Waals surface area contributed by atoms with Crippen molar-refractivity contribution in [1.82, 2.24) is 5.43 Å². The minimum atomic E-state index is -0.541. The highest BCUT2D eigenvalue weighted by molar-refractivity contribution is 5.96. The molecule has 1 atom stereocenters. The number of nitrogens with zero attached hydrogens (tertiary/aromatic N) is 1. The summed E-state index contributed by atoms with van der Waals surface area (Å²) in [4.78, 5) is 25.4. The zero-order valence-electron chi connectivity index (χ0n) is 17.9. The number of methoxy groups -OCH3 is 1. The van der Waals surface area contributed by atoms with Crippen molar-refractivity contribution >= 4 is 11.9 Å². The molecule has 1 N–H and O–H groups in total. The van der Waals surface area contributed by atoms with Crippen LogP contribution in [-0.4, -0.2) is 49.3 Å². The topological polar surface area (TPSA) is 64.6 Å². The zero-order valence-corrected chi connectivity index (χ0v) is 17.9. The highest BCUT2D eigenvalue weighted by Gasteiger charge is 2.38. The van der Waals surface area contributed by atoms with Gasteiger partial charge in [0, 0.05) is 0 Å². The first-order chi connectivity index (χ1) is 13.2. The number of benzene rings is 1. The molecule has 2 rings (SSSR count). The molecule has 1 aromatic carbocycles. The Morgan fingerprint density at radius 2 is 1.79 bits per heavy atom. The third-order valence-electron chi connectivity index (χ3n) is 5.26. The summed E-state index contributed by atoms with van der Waals surface area (Å²) in [5.41, 5.74) is 3.21. The summed E-state index contributed by atoms with van der Waals surface area (Å²) in [5, 5.41) is 0. The number of nitrogens with one attached hydrogen (secondary N) is 1. The number of para-hydroxylation sites is 1. The molecule has 6 heteroatoms. The molecular formula is C22H35N2O4+. The smallest absolute Gasteiger partial charge is 0.311 e. The van der Waals surface area contributed by atoms with Gasteiger partial charge in [0.1, 0.15) is 25.4 Å². The Labute approximate surface area is 168 Å². The van der Waals surface area contributed by atoms with Crippen molar-refractivity contribution in [2.24, 2.45) is 5.41 Å². The maximum Gasteiger partial charge on any atom is 0.311 e. The summed E-state index contributed by atoms with van der Waals surface area (Å²) in [7, 11) is 1.57. The fourth-order valence-electron chi connectivity index (χ4n) is 3.53. The standard InChI is InChI=1S/C22H34N2O4/c1-6-17(28-21(26)22(2,3)4)16-24(14-10-7-11-15-24)23-20(25)18-12-8-9-13-19(18)27-5/h8-9,12-13,17H,6-7,10-11,14-16H2,1-5H3/p+1. The van der Waals surface area contributed by atoms with Gasteiger partial charge in [0.25, 0.3) is 5.91 Å². The van der Waals surface area contributed by atoms with Crippen LogP contribution in [0.2, 0.25) is 0 Å². The van der Waals surface area contributed by atoms with Crippen molar-refractivity contribution in [1.29, 1.82) is 0 Å². The Hall–Kier alpha value is -2.08. The average Bonchev–Trinajstić information content (AvgIpc) is 2.67. The summed E-state index contributed by atoms with van der Waals surface area (Å²) in [5.74, 6) is 0.197. The number of esters is 1. The van der Waals surface area contributed by atoms with E-state index in [1.165, 1.54) is 0 Å². The first-order valence-corrected chi connectivity index (χ1v) is 10.2. The summed E-state index contributed by atoms with van der Waals surface area (Å²) >= 11 is 0. The van der Waals surface area contributed by atoms with Crippen molar-refractivity contribution < 1.29 is 23.7 Å². The molecule has 0 aromatic heterocycles. The van der Waals surface area contributed by atoms with E-state index in [1.54, 1.807) is 19.2 Å². The first-order valence-electron chi connectivity index (χ1n) is 10.2. The molecule has 28 heavy (non-hydrogen) atoms. The summed E-state index contributed by atoms with van der Waals surface area (Å²) in [6, 6.07) is 7.23.